The highest BCUT2D eigenvalue weighted by Crippen LogP contribution is 2.39. The van der Waals surface area contributed by atoms with Gasteiger partial charge in [-0.2, -0.15) is 0 Å². The number of rotatable bonds is 4. The Hall–Kier alpha value is -3.17. The van der Waals surface area contributed by atoms with E-state index in [2.05, 4.69) is 81.4 Å². The third kappa shape index (κ3) is 3.25. The van der Waals surface area contributed by atoms with Gasteiger partial charge in [-0.1, -0.05) is 54.6 Å². The van der Waals surface area contributed by atoms with Crippen molar-refractivity contribution < 1.29 is 4.74 Å². The number of thiophene rings is 1. The lowest BCUT2D eigenvalue weighted by Gasteiger charge is -2.17. The number of aryl methyl sites for hydroxylation is 2. The minimum Gasteiger partial charge on any atom is -0.485 e. The van der Waals surface area contributed by atoms with Gasteiger partial charge in [0.05, 0.1) is 16.1 Å². The van der Waals surface area contributed by atoms with Crippen molar-refractivity contribution in [1.82, 2.24) is 4.98 Å². The second-order valence-electron chi connectivity index (χ2n) is 7.70. The average molecular weight is 410 g/mol. The van der Waals surface area contributed by atoms with E-state index in [1.54, 1.807) is 0 Å². The van der Waals surface area contributed by atoms with Crippen molar-refractivity contribution in [3.8, 4) is 16.3 Å². The van der Waals surface area contributed by atoms with Gasteiger partial charge in [-0.3, -0.25) is 0 Å². The topological polar surface area (TPSA) is 22.1 Å². The van der Waals surface area contributed by atoms with E-state index in [1.165, 1.54) is 20.5 Å². The molecule has 3 aromatic carbocycles. The molecule has 0 unspecified atom stereocenters. The van der Waals surface area contributed by atoms with Crippen LogP contribution >= 0.6 is 11.3 Å². The second-order valence-corrected chi connectivity index (χ2v) is 8.75. The molecule has 5 rings (SSSR count). The molecule has 0 aliphatic heterocycles. The third-order valence-electron chi connectivity index (χ3n) is 5.67. The van der Waals surface area contributed by atoms with Crippen LogP contribution < -0.4 is 4.74 Å². The van der Waals surface area contributed by atoms with Crippen LogP contribution in [0.5, 0.6) is 5.75 Å². The molecule has 2 aromatic heterocycles. The summed E-state index contributed by atoms with van der Waals surface area (Å²) in [5.74, 6) is 0.874. The van der Waals surface area contributed by atoms with Crippen LogP contribution in [-0.2, 0) is 0 Å². The van der Waals surface area contributed by atoms with Gasteiger partial charge in [0.25, 0.3) is 0 Å². The molecule has 2 heterocycles. The highest BCUT2D eigenvalue weighted by Gasteiger charge is 2.15. The fourth-order valence-electron chi connectivity index (χ4n) is 3.96. The van der Waals surface area contributed by atoms with Crippen LogP contribution in [-0.4, -0.2) is 4.98 Å². The molecule has 0 aliphatic carbocycles. The monoisotopic (exact) mass is 409 g/mol. The molecule has 1 atom stereocenters. The van der Waals surface area contributed by atoms with E-state index in [1.807, 2.05) is 29.5 Å². The van der Waals surface area contributed by atoms with E-state index in [0.717, 1.165) is 33.5 Å². The van der Waals surface area contributed by atoms with Crippen LogP contribution in [0.2, 0.25) is 0 Å². The molecule has 0 bridgehead atoms. The lowest BCUT2D eigenvalue weighted by Crippen LogP contribution is -2.03. The lowest BCUT2D eigenvalue weighted by molar-refractivity contribution is 0.230. The Bertz CT molecular complexity index is 1350. The maximum Gasteiger partial charge on any atom is 0.129 e. The van der Waals surface area contributed by atoms with E-state index in [9.17, 15) is 0 Å². The van der Waals surface area contributed by atoms with E-state index >= 15 is 0 Å². The zero-order valence-electron chi connectivity index (χ0n) is 17.3. The van der Waals surface area contributed by atoms with Crippen molar-refractivity contribution in [2.45, 2.75) is 26.9 Å². The Labute approximate surface area is 180 Å². The van der Waals surface area contributed by atoms with Gasteiger partial charge in [0, 0.05) is 10.1 Å². The van der Waals surface area contributed by atoms with Gasteiger partial charge < -0.3 is 4.74 Å². The normalized spacial score (nSPS) is 12.4. The van der Waals surface area contributed by atoms with Crippen LogP contribution in [0.3, 0.4) is 0 Å². The smallest absolute Gasteiger partial charge is 0.129 e. The first-order valence-corrected chi connectivity index (χ1v) is 11.0. The molecule has 0 saturated carbocycles. The molecule has 30 heavy (non-hydrogen) atoms. The first-order chi connectivity index (χ1) is 14.6. The Morgan fingerprint density at radius 3 is 2.37 bits per heavy atom. The van der Waals surface area contributed by atoms with Gasteiger partial charge in [-0.25, -0.2) is 4.98 Å². The summed E-state index contributed by atoms with van der Waals surface area (Å²) in [6, 6.07) is 27.3. The summed E-state index contributed by atoms with van der Waals surface area (Å²) in [7, 11) is 0. The van der Waals surface area contributed by atoms with Gasteiger partial charge in [-0.15, -0.1) is 11.3 Å². The highest BCUT2D eigenvalue weighted by molar-refractivity contribution is 7.22. The fourth-order valence-corrected chi connectivity index (χ4v) is 5.14. The maximum atomic E-state index is 6.35. The SMILES string of the molecule is Cc1c(-c2ccc3c(O[C@H](C)c4ccccc4)ccc(C)c3n2)sc2ccccc12. The van der Waals surface area contributed by atoms with E-state index in [-0.39, 0.29) is 6.10 Å². The van der Waals surface area contributed by atoms with Gasteiger partial charge in [-0.05, 0) is 67.1 Å². The summed E-state index contributed by atoms with van der Waals surface area (Å²) in [4.78, 5) is 6.31. The minimum absolute atomic E-state index is 0.0263. The predicted molar refractivity (Wildman–Crippen MR) is 128 cm³/mol. The average Bonchev–Trinajstić information content (AvgIpc) is 3.13. The number of aromatic nitrogens is 1. The van der Waals surface area contributed by atoms with E-state index in [4.69, 9.17) is 9.72 Å². The molecule has 0 radical (unpaired) electrons. The zero-order chi connectivity index (χ0) is 20.7. The number of nitrogens with zero attached hydrogens (tertiary/aromatic N) is 1. The molecule has 3 heteroatoms. The van der Waals surface area contributed by atoms with Gasteiger partial charge in [0.2, 0.25) is 0 Å². The maximum absolute atomic E-state index is 6.35. The number of pyridine rings is 1. The summed E-state index contributed by atoms with van der Waals surface area (Å²) >= 11 is 1.81. The number of fused-ring (bicyclic) bond motifs is 2. The molecular weight excluding hydrogens is 386 g/mol. The molecule has 0 spiro atoms. The Morgan fingerprint density at radius 2 is 1.57 bits per heavy atom. The summed E-state index contributed by atoms with van der Waals surface area (Å²) in [6.07, 6.45) is -0.0263. The molecule has 0 aliphatic rings. The molecule has 148 valence electrons. The largest absolute Gasteiger partial charge is 0.485 e. The second kappa shape index (κ2) is 7.58. The molecule has 0 amide bonds. The van der Waals surface area contributed by atoms with E-state index in [0.29, 0.717) is 0 Å². The van der Waals surface area contributed by atoms with E-state index < -0.39 is 0 Å². The summed E-state index contributed by atoms with van der Waals surface area (Å²) < 4.78 is 7.65. The fraction of sp³-hybridized carbons (Fsp3) is 0.148. The predicted octanol–water partition coefficient (Wildman–Crippen LogP) is 7.87. The Balaban J connectivity index is 1.58. The van der Waals surface area contributed by atoms with Crippen LogP contribution in [0.4, 0.5) is 0 Å². The number of hydrogen-bond donors (Lipinski definition) is 0. The highest BCUT2D eigenvalue weighted by atomic mass is 32.1. The van der Waals surface area contributed by atoms with Crippen molar-refractivity contribution in [2.24, 2.45) is 0 Å². The molecule has 5 aromatic rings. The standard InChI is InChI=1S/C27H23NOS/c1-17-13-16-24(29-19(3)20-9-5-4-6-10-20)22-14-15-23(28-26(17)22)27-18(2)21-11-7-8-12-25(21)30-27/h4-16,19H,1-3H3/t19-/m1/s1. The van der Waals surface area contributed by atoms with Crippen molar-refractivity contribution in [1.29, 1.82) is 0 Å². The Morgan fingerprint density at radius 1 is 0.800 bits per heavy atom. The summed E-state index contributed by atoms with van der Waals surface area (Å²) in [6.45, 7) is 6.39. The number of benzene rings is 3. The molecule has 0 saturated heterocycles. The minimum atomic E-state index is -0.0263. The number of hydrogen-bond acceptors (Lipinski definition) is 3. The Kier molecular flexibility index (Phi) is 4.76. The third-order valence-corrected chi connectivity index (χ3v) is 6.96. The quantitative estimate of drug-likeness (QED) is 0.301. The van der Waals surface area contributed by atoms with Crippen molar-refractivity contribution >= 4 is 32.3 Å². The first kappa shape index (κ1) is 18.8. The number of ether oxygens (including phenoxy) is 1. The molecule has 0 fully saturated rings. The molecule has 2 nitrogen and oxygen atoms in total. The van der Waals surface area contributed by atoms with Crippen LogP contribution in [0, 0.1) is 13.8 Å². The first-order valence-electron chi connectivity index (χ1n) is 10.2. The molecular formula is C27H23NOS. The van der Waals surface area contributed by atoms with Gasteiger partial charge in [0.1, 0.15) is 11.9 Å². The molecule has 0 N–H and O–H groups in total. The van der Waals surface area contributed by atoms with Crippen LogP contribution in [0.25, 0.3) is 31.6 Å². The van der Waals surface area contributed by atoms with Crippen LogP contribution in [0.1, 0.15) is 29.7 Å². The summed E-state index contributed by atoms with van der Waals surface area (Å²) in [5.41, 5.74) is 5.65. The zero-order valence-corrected chi connectivity index (χ0v) is 18.2. The lowest BCUT2D eigenvalue weighted by atomic mass is 10.1. The van der Waals surface area contributed by atoms with Gasteiger partial charge >= 0.3 is 0 Å². The summed E-state index contributed by atoms with van der Waals surface area (Å²) in [5, 5.41) is 2.37. The van der Waals surface area contributed by atoms with Gasteiger partial charge in [0.15, 0.2) is 0 Å². The van der Waals surface area contributed by atoms with Crippen LogP contribution in [0.15, 0.2) is 78.9 Å². The van der Waals surface area contributed by atoms with Crippen molar-refractivity contribution in [3.05, 3.63) is 95.6 Å². The van der Waals surface area contributed by atoms with Crippen molar-refractivity contribution in [2.75, 3.05) is 0 Å². The van der Waals surface area contributed by atoms with Crippen molar-refractivity contribution in [3.63, 3.8) is 0 Å².